The van der Waals surface area contributed by atoms with Crippen molar-refractivity contribution in [2.75, 3.05) is 37.2 Å². The molecule has 0 aliphatic rings. The second kappa shape index (κ2) is 5.48. The summed E-state index contributed by atoms with van der Waals surface area (Å²) in [5.41, 5.74) is 8.53. The molecule has 0 fully saturated rings. The van der Waals surface area contributed by atoms with Crippen molar-refractivity contribution < 1.29 is 4.74 Å². The summed E-state index contributed by atoms with van der Waals surface area (Å²) in [4.78, 5) is 6.32. The third-order valence-corrected chi connectivity index (χ3v) is 2.76. The predicted octanol–water partition coefficient (Wildman–Crippen LogP) is 2.48. The molecule has 3 N–H and O–H groups in total. The summed E-state index contributed by atoms with van der Waals surface area (Å²) in [6.07, 6.45) is 0. The minimum Gasteiger partial charge on any atom is -0.481 e. The highest BCUT2D eigenvalue weighted by atomic mass is 16.5. The Morgan fingerprint density at radius 2 is 1.79 bits per heavy atom. The maximum Gasteiger partial charge on any atom is 0.215 e. The zero-order valence-electron chi connectivity index (χ0n) is 11.3. The number of rotatable bonds is 4. The zero-order valence-corrected chi connectivity index (χ0v) is 11.3. The summed E-state index contributed by atoms with van der Waals surface area (Å²) in [6, 6.07) is 11.5. The summed E-state index contributed by atoms with van der Waals surface area (Å²) in [7, 11) is 5.59. The van der Waals surface area contributed by atoms with E-state index in [-0.39, 0.29) is 0 Å². The van der Waals surface area contributed by atoms with Crippen molar-refractivity contribution in [2.45, 2.75) is 0 Å². The lowest BCUT2D eigenvalue weighted by molar-refractivity contribution is 0.398. The molecule has 0 spiro atoms. The van der Waals surface area contributed by atoms with E-state index >= 15 is 0 Å². The molecule has 0 radical (unpaired) electrons. The van der Waals surface area contributed by atoms with E-state index in [1.807, 2.05) is 43.3 Å². The molecule has 100 valence electrons. The Hall–Kier alpha value is -2.43. The molecular weight excluding hydrogens is 240 g/mol. The predicted molar refractivity (Wildman–Crippen MR) is 79.3 cm³/mol. The number of aromatic nitrogens is 1. The standard InChI is InChI=1S/C14H18N4O/c1-18(2)11-6-4-10(5-7-11)16-14-12(15)8-9-13(17-14)19-3/h4-9H,15H2,1-3H3,(H,16,17). The first kappa shape index (κ1) is 13.0. The van der Waals surface area contributed by atoms with E-state index in [0.29, 0.717) is 17.4 Å². The monoisotopic (exact) mass is 258 g/mol. The maximum absolute atomic E-state index is 5.88. The van der Waals surface area contributed by atoms with Crippen LogP contribution in [0.5, 0.6) is 5.88 Å². The van der Waals surface area contributed by atoms with Crippen molar-refractivity contribution in [1.29, 1.82) is 0 Å². The molecule has 0 amide bonds. The number of ether oxygens (including phenoxy) is 1. The Morgan fingerprint density at radius 3 is 2.37 bits per heavy atom. The molecule has 0 atom stereocenters. The van der Waals surface area contributed by atoms with Crippen LogP contribution < -0.4 is 20.7 Å². The van der Waals surface area contributed by atoms with Gasteiger partial charge < -0.3 is 20.7 Å². The Kier molecular flexibility index (Phi) is 3.75. The highest BCUT2D eigenvalue weighted by Gasteiger charge is 2.04. The van der Waals surface area contributed by atoms with Gasteiger partial charge in [0.15, 0.2) is 5.82 Å². The van der Waals surface area contributed by atoms with E-state index in [1.165, 1.54) is 0 Å². The van der Waals surface area contributed by atoms with Gasteiger partial charge in [0.1, 0.15) is 0 Å². The smallest absolute Gasteiger partial charge is 0.215 e. The van der Waals surface area contributed by atoms with Crippen molar-refractivity contribution >= 4 is 22.9 Å². The molecular formula is C14H18N4O. The fourth-order valence-electron chi connectivity index (χ4n) is 1.65. The SMILES string of the molecule is COc1ccc(N)c(Nc2ccc(N(C)C)cc2)n1. The molecule has 1 aromatic heterocycles. The average molecular weight is 258 g/mol. The van der Waals surface area contributed by atoms with E-state index in [2.05, 4.69) is 10.3 Å². The normalized spacial score (nSPS) is 10.1. The topological polar surface area (TPSA) is 63.4 Å². The van der Waals surface area contributed by atoms with Crippen molar-refractivity contribution in [2.24, 2.45) is 0 Å². The first-order chi connectivity index (χ1) is 9.10. The number of methoxy groups -OCH3 is 1. The molecule has 5 nitrogen and oxygen atoms in total. The van der Waals surface area contributed by atoms with E-state index in [1.54, 1.807) is 19.2 Å². The maximum atomic E-state index is 5.88. The van der Waals surface area contributed by atoms with Crippen molar-refractivity contribution in [3.63, 3.8) is 0 Å². The summed E-state index contributed by atoms with van der Waals surface area (Å²) in [5, 5.41) is 3.18. The first-order valence-corrected chi connectivity index (χ1v) is 5.95. The summed E-state index contributed by atoms with van der Waals surface area (Å²) >= 11 is 0. The van der Waals surface area contributed by atoms with Crippen LogP contribution in [0.3, 0.4) is 0 Å². The van der Waals surface area contributed by atoms with Gasteiger partial charge in [0.2, 0.25) is 5.88 Å². The van der Waals surface area contributed by atoms with Gasteiger partial charge in [-0.2, -0.15) is 4.98 Å². The second-order valence-corrected chi connectivity index (χ2v) is 4.36. The molecule has 0 aliphatic carbocycles. The van der Waals surface area contributed by atoms with E-state index in [4.69, 9.17) is 10.5 Å². The third-order valence-electron chi connectivity index (χ3n) is 2.76. The molecule has 2 rings (SSSR count). The van der Waals surface area contributed by atoms with E-state index in [0.717, 1.165) is 11.4 Å². The van der Waals surface area contributed by atoms with Crippen LogP contribution in [0.15, 0.2) is 36.4 Å². The molecule has 0 saturated heterocycles. The third kappa shape index (κ3) is 3.07. The summed E-state index contributed by atoms with van der Waals surface area (Å²) in [5.74, 6) is 1.12. The molecule has 1 aromatic carbocycles. The lowest BCUT2D eigenvalue weighted by Gasteiger charge is -2.14. The highest BCUT2D eigenvalue weighted by Crippen LogP contribution is 2.24. The van der Waals surface area contributed by atoms with Crippen molar-refractivity contribution in [1.82, 2.24) is 4.98 Å². The van der Waals surface area contributed by atoms with Crippen LogP contribution in [0.1, 0.15) is 0 Å². The van der Waals surface area contributed by atoms with Gasteiger partial charge in [-0.3, -0.25) is 0 Å². The zero-order chi connectivity index (χ0) is 13.8. The molecule has 5 heteroatoms. The number of anilines is 4. The highest BCUT2D eigenvalue weighted by molar-refractivity contribution is 5.70. The number of nitrogens with zero attached hydrogens (tertiary/aromatic N) is 2. The molecule has 2 aromatic rings. The quantitative estimate of drug-likeness (QED) is 0.882. The van der Waals surface area contributed by atoms with Gasteiger partial charge in [-0.15, -0.1) is 0 Å². The Morgan fingerprint density at radius 1 is 1.11 bits per heavy atom. The Labute approximate surface area is 113 Å². The number of nitrogens with one attached hydrogen (secondary N) is 1. The van der Waals surface area contributed by atoms with E-state index < -0.39 is 0 Å². The summed E-state index contributed by atoms with van der Waals surface area (Å²) in [6.45, 7) is 0. The minimum absolute atomic E-state index is 0.529. The second-order valence-electron chi connectivity index (χ2n) is 4.36. The minimum atomic E-state index is 0.529. The van der Waals surface area contributed by atoms with Crippen LogP contribution in [0.25, 0.3) is 0 Å². The number of hydrogen-bond acceptors (Lipinski definition) is 5. The van der Waals surface area contributed by atoms with Gasteiger partial charge in [-0.1, -0.05) is 0 Å². The van der Waals surface area contributed by atoms with Crippen LogP contribution in [0.4, 0.5) is 22.9 Å². The molecule has 1 heterocycles. The van der Waals surface area contributed by atoms with Gasteiger partial charge in [-0.25, -0.2) is 0 Å². The lowest BCUT2D eigenvalue weighted by Crippen LogP contribution is -2.08. The largest absolute Gasteiger partial charge is 0.481 e. The molecule has 0 aliphatic heterocycles. The number of pyridine rings is 1. The van der Waals surface area contributed by atoms with Crippen LogP contribution in [-0.4, -0.2) is 26.2 Å². The molecule has 0 unspecified atom stereocenters. The molecule has 0 saturated carbocycles. The van der Waals surface area contributed by atoms with Crippen LogP contribution >= 0.6 is 0 Å². The van der Waals surface area contributed by atoms with Crippen LogP contribution in [-0.2, 0) is 0 Å². The molecule has 0 bridgehead atoms. The Balaban J connectivity index is 2.20. The van der Waals surface area contributed by atoms with Crippen molar-refractivity contribution in [3.05, 3.63) is 36.4 Å². The Bertz CT molecular complexity index is 552. The van der Waals surface area contributed by atoms with Crippen LogP contribution in [0.2, 0.25) is 0 Å². The number of benzene rings is 1. The first-order valence-electron chi connectivity index (χ1n) is 5.95. The molecule has 19 heavy (non-hydrogen) atoms. The number of hydrogen-bond donors (Lipinski definition) is 2. The van der Waals surface area contributed by atoms with E-state index in [9.17, 15) is 0 Å². The van der Waals surface area contributed by atoms with Crippen molar-refractivity contribution in [3.8, 4) is 5.88 Å². The summed E-state index contributed by atoms with van der Waals surface area (Å²) < 4.78 is 5.08. The van der Waals surface area contributed by atoms with Gasteiger partial charge in [0.25, 0.3) is 0 Å². The van der Waals surface area contributed by atoms with Gasteiger partial charge in [-0.05, 0) is 30.3 Å². The lowest BCUT2D eigenvalue weighted by atomic mass is 10.2. The fourth-order valence-corrected chi connectivity index (χ4v) is 1.65. The number of nitrogen functional groups attached to an aromatic ring is 1. The number of nitrogens with two attached hydrogens (primary N) is 1. The van der Waals surface area contributed by atoms with Gasteiger partial charge in [0, 0.05) is 31.5 Å². The fraction of sp³-hybridized carbons (Fsp3) is 0.214. The van der Waals surface area contributed by atoms with Gasteiger partial charge in [0.05, 0.1) is 12.8 Å². The van der Waals surface area contributed by atoms with Gasteiger partial charge >= 0.3 is 0 Å². The average Bonchev–Trinajstić information content (AvgIpc) is 2.42. The van der Waals surface area contributed by atoms with Crippen LogP contribution in [0, 0.1) is 0 Å².